The Morgan fingerprint density at radius 3 is 2.48 bits per heavy atom. The Morgan fingerprint density at radius 2 is 1.90 bits per heavy atom. The molecule has 1 saturated carbocycles. The summed E-state index contributed by atoms with van der Waals surface area (Å²) in [5.41, 5.74) is -0.0980. The zero-order chi connectivity index (χ0) is 21.6. The first-order valence-corrected chi connectivity index (χ1v) is 12.9. The van der Waals surface area contributed by atoms with E-state index in [2.05, 4.69) is 3.77 Å². The van der Waals surface area contributed by atoms with Crippen LogP contribution in [0.2, 0.25) is 0 Å². The van der Waals surface area contributed by atoms with Crippen molar-refractivity contribution in [2.24, 2.45) is 15.1 Å². The molecule has 10 heteroatoms. The Balaban J connectivity index is 1.84. The number of halogens is 2. The molecule has 2 unspecified atom stereocenters. The van der Waals surface area contributed by atoms with Gasteiger partial charge in [0.15, 0.2) is 0 Å². The van der Waals surface area contributed by atoms with Gasteiger partial charge >= 0.3 is 0 Å². The van der Waals surface area contributed by atoms with Gasteiger partial charge in [0.2, 0.25) is 5.91 Å². The highest BCUT2D eigenvalue weighted by Crippen LogP contribution is 2.46. The zero-order valence-corrected chi connectivity index (χ0v) is 18.4. The standard InChI is InChI=1S/C19H26F2N2O4S2/c1-13-11-16(21)17(12-15(13)20)29(26,27)22-28(25)9-4-7-23(8-10-28)18(24)14-5-6-19(14,2)3/h11-12,14H,4-10H2,1-3H3. The quantitative estimate of drug-likeness (QED) is 0.711. The Labute approximate surface area is 170 Å². The van der Waals surface area contributed by atoms with Crippen molar-refractivity contribution in [2.45, 2.75) is 44.9 Å². The summed E-state index contributed by atoms with van der Waals surface area (Å²) in [5, 5.41) is 0. The van der Waals surface area contributed by atoms with Crippen LogP contribution in [0.15, 0.2) is 20.8 Å². The van der Waals surface area contributed by atoms with Crippen molar-refractivity contribution in [1.29, 1.82) is 0 Å². The van der Waals surface area contributed by atoms with Crippen molar-refractivity contribution in [3.8, 4) is 0 Å². The summed E-state index contributed by atoms with van der Waals surface area (Å²) in [6.45, 7) is 5.90. The molecule has 2 fully saturated rings. The van der Waals surface area contributed by atoms with E-state index >= 15 is 0 Å². The third-order valence-corrected chi connectivity index (χ3v) is 10.4. The zero-order valence-electron chi connectivity index (χ0n) is 16.8. The Hall–Kier alpha value is -1.55. The maximum atomic E-state index is 14.1. The van der Waals surface area contributed by atoms with Gasteiger partial charge in [-0.2, -0.15) is 8.42 Å². The molecule has 0 aromatic heterocycles. The summed E-state index contributed by atoms with van der Waals surface area (Å²) >= 11 is 0. The molecule has 0 bridgehead atoms. The molecule has 1 aromatic carbocycles. The van der Waals surface area contributed by atoms with Crippen LogP contribution < -0.4 is 0 Å². The van der Waals surface area contributed by atoms with Crippen molar-refractivity contribution in [1.82, 2.24) is 4.90 Å². The molecule has 3 rings (SSSR count). The average Bonchev–Trinajstić information content (AvgIpc) is 2.78. The predicted octanol–water partition coefficient (Wildman–Crippen LogP) is 3.10. The number of amides is 1. The molecule has 6 nitrogen and oxygen atoms in total. The van der Waals surface area contributed by atoms with Crippen LogP contribution in [0.5, 0.6) is 0 Å². The Kier molecular flexibility index (Phi) is 5.81. The highest BCUT2D eigenvalue weighted by Gasteiger charge is 2.45. The average molecular weight is 449 g/mol. The van der Waals surface area contributed by atoms with Crippen molar-refractivity contribution >= 4 is 25.7 Å². The third kappa shape index (κ3) is 4.47. The summed E-state index contributed by atoms with van der Waals surface area (Å²) in [6.07, 6.45) is 2.12. The highest BCUT2D eigenvalue weighted by molar-refractivity contribution is 8.03. The summed E-state index contributed by atoms with van der Waals surface area (Å²) in [7, 11) is -7.87. The lowest BCUT2D eigenvalue weighted by atomic mass is 9.62. The van der Waals surface area contributed by atoms with Crippen LogP contribution >= 0.6 is 0 Å². The number of benzene rings is 1. The predicted molar refractivity (Wildman–Crippen MR) is 106 cm³/mol. The van der Waals surface area contributed by atoms with Gasteiger partial charge in [-0.1, -0.05) is 13.8 Å². The van der Waals surface area contributed by atoms with Crippen molar-refractivity contribution in [3.05, 3.63) is 29.3 Å². The fraction of sp³-hybridized carbons (Fsp3) is 0.632. The van der Waals surface area contributed by atoms with Gasteiger partial charge in [-0.05, 0) is 49.3 Å². The molecule has 1 saturated heterocycles. The molecule has 0 spiro atoms. The van der Waals surface area contributed by atoms with Gasteiger partial charge in [0.1, 0.15) is 16.5 Å². The topological polar surface area (TPSA) is 83.9 Å². The molecule has 29 heavy (non-hydrogen) atoms. The minimum absolute atomic E-state index is 0.000549. The molecule has 1 aromatic rings. The van der Waals surface area contributed by atoms with Crippen LogP contribution in [0.1, 0.15) is 38.7 Å². The number of aryl methyl sites for hydroxylation is 1. The van der Waals surface area contributed by atoms with E-state index in [0.29, 0.717) is 19.0 Å². The lowest BCUT2D eigenvalue weighted by Gasteiger charge is -2.45. The number of nitrogens with zero attached hydrogens (tertiary/aromatic N) is 2. The van der Waals surface area contributed by atoms with Gasteiger partial charge in [-0.25, -0.2) is 13.0 Å². The van der Waals surface area contributed by atoms with E-state index in [1.807, 2.05) is 13.8 Å². The minimum Gasteiger partial charge on any atom is -0.341 e. The molecule has 0 radical (unpaired) electrons. The number of carbonyl (C=O) groups excluding carboxylic acids is 1. The molecule has 2 atom stereocenters. The normalized spacial score (nSPS) is 27.1. The van der Waals surface area contributed by atoms with Gasteiger partial charge in [0.25, 0.3) is 10.0 Å². The molecular formula is C19H26F2N2O4S2. The fourth-order valence-electron chi connectivity index (χ4n) is 3.83. The smallest absolute Gasteiger partial charge is 0.293 e. The van der Waals surface area contributed by atoms with Crippen molar-refractivity contribution in [2.75, 3.05) is 24.6 Å². The highest BCUT2D eigenvalue weighted by atomic mass is 32.3. The van der Waals surface area contributed by atoms with Gasteiger partial charge in [0, 0.05) is 24.8 Å². The summed E-state index contributed by atoms with van der Waals surface area (Å²) in [6, 6.07) is 1.34. The number of sulfonamides is 1. The molecule has 0 N–H and O–H groups in total. The summed E-state index contributed by atoms with van der Waals surface area (Å²) in [5.74, 6) is -2.22. The SMILES string of the molecule is Cc1cc(F)c(S(=O)(=O)N=S2(=O)CCCN(C(=O)C3CCC3(C)C)CC2)cc1F. The van der Waals surface area contributed by atoms with E-state index in [1.54, 1.807) is 4.90 Å². The monoisotopic (exact) mass is 448 g/mol. The maximum absolute atomic E-state index is 14.1. The van der Waals surface area contributed by atoms with Crippen LogP contribution in [-0.2, 0) is 24.5 Å². The summed E-state index contributed by atoms with van der Waals surface area (Å²) in [4.78, 5) is 13.5. The van der Waals surface area contributed by atoms with Crippen LogP contribution in [0, 0.1) is 29.9 Å². The number of carbonyl (C=O) groups is 1. The molecule has 1 heterocycles. The fourth-order valence-corrected chi connectivity index (χ4v) is 8.03. The molecule has 2 aliphatic rings. The van der Waals surface area contributed by atoms with E-state index in [4.69, 9.17) is 0 Å². The lowest BCUT2D eigenvalue weighted by molar-refractivity contribution is -0.145. The first-order chi connectivity index (χ1) is 13.3. The van der Waals surface area contributed by atoms with Gasteiger partial charge < -0.3 is 4.90 Å². The molecule has 1 aliphatic carbocycles. The van der Waals surface area contributed by atoms with E-state index in [-0.39, 0.29) is 40.9 Å². The van der Waals surface area contributed by atoms with Crippen LogP contribution in [0.3, 0.4) is 0 Å². The van der Waals surface area contributed by atoms with E-state index < -0.39 is 36.3 Å². The van der Waals surface area contributed by atoms with Crippen molar-refractivity contribution in [3.63, 3.8) is 0 Å². The van der Waals surface area contributed by atoms with Crippen LogP contribution in [-0.4, -0.2) is 48.0 Å². The maximum Gasteiger partial charge on any atom is 0.293 e. The van der Waals surface area contributed by atoms with E-state index in [1.165, 1.54) is 6.92 Å². The second-order valence-electron chi connectivity index (χ2n) is 8.52. The second kappa shape index (κ2) is 7.61. The Morgan fingerprint density at radius 1 is 1.21 bits per heavy atom. The molecule has 162 valence electrons. The molecule has 1 aliphatic heterocycles. The first-order valence-electron chi connectivity index (χ1n) is 9.58. The van der Waals surface area contributed by atoms with Gasteiger partial charge in [0.05, 0.1) is 15.5 Å². The second-order valence-corrected chi connectivity index (χ2v) is 12.9. The van der Waals surface area contributed by atoms with E-state index in [9.17, 15) is 26.2 Å². The van der Waals surface area contributed by atoms with Crippen LogP contribution in [0.4, 0.5) is 8.78 Å². The third-order valence-electron chi connectivity index (χ3n) is 5.93. The summed E-state index contributed by atoms with van der Waals surface area (Å²) < 4.78 is 69.6. The van der Waals surface area contributed by atoms with Crippen LogP contribution in [0.25, 0.3) is 0 Å². The van der Waals surface area contributed by atoms with E-state index in [0.717, 1.165) is 18.9 Å². The Bertz CT molecular complexity index is 1060. The number of hydrogen-bond donors (Lipinski definition) is 0. The largest absolute Gasteiger partial charge is 0.341 e. The minimum atomic E-state index is -4.64. The molecular weight excluding hydrogens is 422 g/mol. The van der Waals surface area contributed by atoms with Crippen molar-refractivity contribution < 1.29 is 26.2 Å². The van der Waals surface area contributed by atoms with Gasteiger partial charge in [-0.3, -0.25) is 4.79 Å². The first kappa shape index (κ1) is 22.1. The number of rotatable bonds is 3. The van der Waals surface area contributed by atoms with Gasteiger partial charge in [-0.15, -0.1) is 3.77 Å². The molecule has 1 amide bonds. The lowest BCUT2D eigenvalue weighted by Crippen LogP contribution is -2.48. The number of hydrogen-bond acceptors (Lipinski definition) is 4.